The second kappa shape index (κ2) is 7.77. The van der Waals surface area contributed by atoms with Crippen LogP contribution in [0.15, 0.2) is 109 Å². The van der Waals surface area contributed by atoms with Crippen LogP contribution in [0.2, 0.25) is 0 Å². The van der Waals surface area contributed by atoms with Gasteiger partial charge in [0.1, 0.15) is 0 Å². The summed E-state index contributed by atoms with van der Waals surface area (Å²) in [5.74, 6) is 0. The molecule has 0 spiro atoms. The zero-order valence-electron chi connectivity index (χ0n) is 16.5. The van der Waals surface area contributed by atoms with Crippen LogP contribution >= 0.6 is 0 Å². The van der Waals surface area contributed by atoms with E-state index < -0.39 is 0 Å². The predicted octanol–water partition coefficient (Wildman–Crippen LogP) is 6.85. The van der Waals surface area contributed by atoms with E-state index in [1.54, 1.807) is 0 Å². The molecule has 1 unspecified atom stereocenters. The van der Waals surface area contributed by atoms with Crippen LogP contribution in [-0.2, 0) is 0 Å². The predicted molar refractivity (Wildman–Crippen MR) is 120 cm³/mol. The van der Waals surface area contributed by atoms with E-state index in [0.29, 0.717) is 0 Å². The van der Waals surface area contributed by atoms with Crippen molar-refractivity contribution >= 4 is 17.1 Å². The zero-order valence-corrected chi connectivity index (χ0v) is 16.5. The molecular weight excluding hydrogens is 340 g/mol. The topological polar surface area (TPSA) is 15.3 Å². The fourth-order valence-corrected chi connectivity index (χ4v) is 3.75. The van der Waals surface area contributed by atoms with E-state index in [1.165, 1.54) is 16.9 Å². The number of aryl methyl sites for hydroxylation is 1. The molecule has 2 heteroatoms. The first-order valence-corrected chi connectivity index (χ1v) is 9.77. The average molecular weight is 367 g/mol. The molecule has 0 bridgehead atoms. The van der Waals surface area contributed by atoms with Gasteiger partial charge in [-0.15, -0.1) is 0 Å². The van der Waals surface area contributed by atoms with Crippen LogP contribution in [0.1, 0.15) is 18.9 Å². The van der Waals surface area contributed by atoms with Gasteiger partial charge in [0.25, 0.3) is 0 Å². The highest BCUT2D eigenvalue weighted by molar-refractivity contribution is 5.68. The molecular formula is C26H26N2. The lowest BCUT2D eigenvalue weighted by Gasteiger charge is -2.42. The van der Waals surface area contributed by atoms with Crippen molar-refractivity contribution in [2.45, 2.75) is 25.8 Å². The van der Waals surface area contributed by atoms with Gasteiger partial charge in [-0.05, 0) is 68.3 Å². The summed E-state index contributed by atoms with van der Waals surface area (Å²) in [6.45, 7) is 4.45. The van der Waals surface area contributed by atoms with Gasteiger partial charge in [0, 0.05) is 22.8 Å². The maximum absolute atomic E-state index is 3.50. The molecule has 140 valence electrons. The first-order valence-electron chi connectivity index (χ1n) is 9.77. The third-order valence-corrected chi connectivity index (χ3v) is 5.20. The van der Waals surface area contributed by atoms with Gasteiger partial charge in [-0.25, -0.2) is 0 Å². The van der Waals surface area contributed by atoms with Gasteiger partial charge in [-0.3, -0.25) is 0 Å². The molecule has 3 aromatic carbocycles. The van der Waals surface area contributed by atoms with Gasteiger partial charge in [-0.1, -0.05) is 60.7 Å². The molecule has 0 aromatic heterocycles. The van der Waals surface area contributed by atoms with Crippen LogP contribution in [0.25, 0.3) is 0 Å². The SMILES string of the molecule is Cc1cccc(N(c2ccccc2)C2(C)C=CC(Nc3ccccc3)=CC2)c1. The minimum atomic E-state index is -0.142. The summed E-state index contributed by atoms with van der Waals surface area (Å²) < 4.78 is 0. The van der Waals surface area contributed by atoms with Crippen LogP contribution in [0.3, 0.4) is 0 Å². The van der Waals surface area contributed by atoms with Crippen LogP contribution < -0.4 is 10.2 Å². The summed E-state index contributed by atoms with van der Waals surface area (Å²) in [5.41, 5.74) is 5.79. The highest BCUT2D eigenvalue weighted by atomic mass is 15.2. The molecule has 0 amide bonds. The molecule has 0 aliphatic heterocycles. The Hall–Kier alpha value is -3.26. The Kier molecular flexibility index (Phi) is 5.03. The van der Waals surface area contributed by atoms with E-state index in [0.717, 1.165) is 17.8 Å². The minimum Gasteiger partial charge on any atom is -0.356 e. The van der Waals surface area contributed by atoms with E-state index in [2.05, 4.69) is 121 Å². The van der Waals surface area contributed by atoms with Crippen molar-refractivity contribution in [2.24, 2.45) is 0 Å². The summed E-state index contributed by atoms with van der Waals surface area (Å²) in [5, 5.41) is 3.50. The van der Waals surface area contributed by atoms with E-state index >= 15 is 0 Å². The Balaban J connectivity index is 1.65. The summed E-state index contributed by atoms with van der Waals surface area (Å²) in [6, 6.07) is 29.7. The van der Waals surface area contributed by atoms with E-state index in [9.17, 15) is 0 Å². The second-order valence-corrected chi connectivity index (χ2v) is 7.56. The van der Waals surface area contributed by atoms with Gasteiger partial charge < -0.3 is 10.2 Å². The third kappa shape index (κ3) is 3.86. The minimum absolute atomic E-state index is 0.142. The van der Waals surface area contributed by atoms with Crippen LogP contribution in [0.4, 0.5) is 17.1 Å². The van der Waals surface area contributed by atoms with Gasteiger partial charge in [0.2, 0.25) is 0 Å². The maximum Gasteiger partial charge on any atom is 0.0644 e. The fourth-order valence-electron chi connectivity index (χ4n) is 3.75. The lowest BCUT2D eigenvalue weighted by atomic mass is 9.88. The summed E-state index contributed by atoms with van der Waals surface area (Å²) in [4.78, 5) is 2.44. The number of hydrogen-bond donors (Lipinski definition) is 1. The summed E-state index contributed by atoms with van der Waals surface area (Å²) >= 11 is 0. The standard InChI is InChI=1S/C26H26N2/c1-21-10-9-15-25(20-21)28(24-13-7-4-8-14-24)26(2)18-16-23(17-19-26)27-22-11-5-3-6-12-22/h3-18,20,27H,19H2,1-2H3. The number of para-hydroxylation sites is 2. The molecule has 1 aliphatic carbocycles. The quantitative estimate of drug-likeness (QED) is 0.531. The number of benzene rings is 3. The normalized spacial score (nSPS) is 18.4. The van der Waals surface area contributed by atoms with Gasteiger partial charge in [0.15, 0.2) is 0 Å². The molecule has 28 heavy (non-hydrogen) atoms. The monoisotopic (exact) mass is 366 g/mol. The van der Waals surface area contributed by atoms with Crippen molar-refractivity contribution in [3.05, 3.63) is 114 Å². The highest BCUT2D eigenvalue weighted by Gasteiger charge is 2.32. The Morgan fingerprint density at radius 2 is 1.50 bits per heavy atom. The van der Waals surface area contributed by atoms with Crippen LogP contribution in [0, 0.1) is 6.92 Å². The molecule has 0 saturated carbocycles. The smallest absolute Gasteiger partial charge is 0.0644 e. The maximum atomic E-state index is 3.50. The Morgan fingerprint density at radius 3 is 2.14 bits per heavy atom. The molecule has 1 atom stereocenters. The van der Waals surface area contributed by atoms with E-state index in [-0.39, 0.29) is 5.54 Å². The van der Waals surface area contributed by atoms with Crippen LogP contribution in [0.5, 0.6) is 0 Å². The lowest BCUT2D eigenvalue weighted by Crippen LogP contribution is -2.42. The Bertz CT molecular complexity index is 989. The molecule has 0 radical (unpaired) electrons. The van der Waals surface area contributed by atoms with Crippen molar-refractivity contribution in [3.63, 3.8) is 0 Å². The average Bonchev–Trinajstić information content (AvgIpc) is 2.72. The third-order valence-electron chi connectivity index (χ3n) is 5.20. The number of anilines is 3. The number of allylic oxidation sites excluding steroid dienone is 1. The van der Waals surface area contributed by atoms with E-state index in [1.807, 2.05) is 6.07 Å². The zero-order chi connectivity index (χ0) is 19.4. The Labute approximate surface area is 167 Å². The molecule has 0 fully saturated rings. The number of nitrogens with one attached hydrogen (secondary N) is 1. The molecule has 1 aliphatic rings. The fraction of sp³-hybridized carbons (Fsp3) is 0.154. The molecule has 4 rings (SSSR count). The first-order chi connectivity index (χ1) is 13.6. The van der Waals surface area contributed by atoms with Crippen LogP contribution in [-0.4, -0.2) is 5.54 Å². The van der Waals surface area contributed by atoms with Crippen molar-refractivity contribution in [1.29, 1.82) is 0 Å². The molecule has 1 N–H and O–H groups in total. The molecule has 0 heterocycles. The summed E-state index contributed by atoms with van der Waals surface area (Å²) in [7, 11) is 0. The van der Waals surface area contributed by atoms with E-state index in [4.69, 9.17) is 0 Å². The summed E-state index contributed by atoms with van der Waals surface area (Å²) in [6.07, 6.45) is 7.72. The Morgan fingerprint density at radius 1 is 0.821 bits per heavy atom. The highest BCUT2D eigenvalue weighted by Crippen LogP contribution is 2.38. The van der Waals surface area contributed by atoms with Gasteiger partial charge in [0.05, 0.1) is 5.54 Å². The van der Waals surface area contributed by atoms with Gasteiger partial charge >= 0.3 is 0 Å². The van der Waals surface area contributed by atoms with Crippen molar-refractivity contribution in [2.75, 3.05) is 10.2 Å². The second-order valence-electron chi connectivity index (χ2n) is 7.56. The number of hydrogen-bond acceptors (Lipinski definition) is 2. The lowest BCUT2D eigenvalue weighted by molar-refractivity contribution is 0.567. The largest absolute Gasteiger partial charge is 0.356 e. The molecule has 0 saturated heterocycles. The molecule has 3 aromatic rings. The van der Waals surface area contributed by atoms with Crippen molar-refractivity contribution < 1.29 is 0 Å². The van der Waals surface area contributed by atoms with Crippen molar-refractivity contribution in [1.82, 2.24) is 0 Å². The van der Waals surface area contributed by atoms with Gasteiger partial charge in [-0.2, -0.15) is 0 Å². The first kappa shape index (κ1) is 18.1. The number of rotatable bonds is 5. The molecule has 2 nitrogen and oxygen atoms in total. The number of nitrogens with zero attached hydrogens (tertiary/aromatic N) is 1. The van der Waals surface area contributed by atoms with Crippen molar-refractivity contribution in [3.8, 4) is 0 Å².